The number of aryl methyl sites for hydroxylation is 1. The topological polar surface area (TPSA) is 50.8 Å². The summed E-state index contributed by atoms with van der Waals surface area (Å²) in [6.45, 7) is 8.62. The van der Waals surface area contributed by atoms with Crippen LogP contribution < -0.4 is 14.8 Å². The second kappa shape index (κ2) is 9.98. The summed E-state index contributed by atoms with van der Waals surface area (Å²) in [6.07, 6.45) is 1.49. The van der Waals surface area contributed by atoms with Crippen molar-refractivity contribution in [2.45, 2.75) is 46.2 Å². The van der Waals surface area contributed by atoms with Gasteiger partial charge < -0.3 is 14.8 Å². The molecule has 0 radical (unpaired) electrons. The summed E-state index contributed by atoms with van der Waals surface area (Å²) in [7, 11) is 3.33. The summed E-state index contributed by atoms with van der Waals surface area (Å²) in [5.41, 5.74) is 5.02. The number of methoxy groups -OCH3 is 2. The van der Waals surface area contributed by atoms with E-state index >= 15 is 0 Å². The van der Waals surface area contributed by atoms with Gasteiger partial charge in [0, 0.05) is 26.1 Å². The highest BCUT2D eigenvalue weighted by Crippen LogP contribution is 2.38. The molecule has 30 heavy (non-hydrogen) atoms. The second-order valence-corrected chi connectivity index (χ2v) is 8.53. The number of carbonyl (C=O) groups is 1. The van der Waals surface area contributed by atoms with Gasteiger partial charge in [0.15, 0.2) is 11.5 Å². The van der Waals surface area contributed by atoms with E-state index in [1.165, 1.54) is 22.3 Å². The molecule has 162 valence electrons. The predicted octanol–water partition coefficient (Wildman–Crippen LogP) is 4.27. The van der Waals surface area contributed by atoms with Crippen molar-refractivity contribution in [2.75, 3.05) is 27.3 Å². The highest BCUT2D eigenvalue weighted by Gasteiger charge is 2.29. The normalized spacial score (nSPS) is 16.3. The van der Waals surface area contributed by atoms with Gasteiger partial charge in [-0.25, -0.2) is 0 Å². The number of ether oxygens (including phenoxy) is 2. The molecular formula is C25H34N2O3. The summed E-state index contributed by atoms with van der Waals surface area (Å²) >= 11 is 0. The van der Waals surface area contributed by atoms with Crippen LogP contribution >= 0.6 is 0 Å². The Labute approximate surface area is 180 Å². The molecule has 1 unspecified atom stereocenters. The highest BCUT2D eigenvalue weighted by molar-refractivity contribution is 5.76. The van der Waals surface area contributed by atoms with Gasteiger partial charge in [-0.1, -0.05) is 43.7 Å². The van der Waals surface area contributed by atoms with Gasteiger partial charge in [-0.15, -0.1) is 0 Å². The molecular weight excluding hydrogens is 376 g/mol. The first kappa shape index (κ1) is 22.2. The zero-order valence-corrected chi connectivity index (χ0v) is 18.8. The smallest absolute Gasteiger partial charge is 0.220 e. The van der Waals surface area contributed by atoms with Crippen molar-refractivity contribution < 1.29 is 14.3 Å². The van der Waals surface area contributed by atoms with Crippen LogP contribution in [0.3, 0.4) is 0 Å². The molecule has 2 aromatic rings. The monoisotopic (exact) mass is 410 g/mol. The minimum Gasteiger partial charge on any atom is -0.493 e. The molecule has 1 aliphatic rings. The molecule has 1 N–H and O–H groups in total. The van der Waals surface area contributed by atoms with E-state index in [1.54, 1.807) is 14.2 Å². The van der Waals surface area contributed by atoms with Gasteiger partial charge in [0.1, 0.15) is 0 Å². The maximum Gasteiger partial charge on any atom is 0.220 e. The number of carbonyl (C=O) groups excluding carboxylic acids is 1. The van der Waals surface area contributed by atoms with Crippen LogP contribution in [0.4, 0.5) is 0 Å². The lowest BCUT2D eigenvalue weighted by atomic mass is 9.91. The second-order valence-electron chi connectivity index (χ2n) is 8.53. The molecule has 1 amide bonds. The Morgan fingerprint density at radius 3 is 2.57 bits per heavy atom. The van der Waals surface area contributed by atoms with E-state index < -0.39 is 0 Å². The van der Waals surface area contributed by atoms with Crippen LogP contribution in [-0.2, 0) is 17.8 Å². The largest absolute Gasteiger partial charge is 0.493 e. The van der Waals surface area contributed by atoms with Crippen molar-refractivity contribution >= 4 is 5.91 Å². The lowest BCUT2D eigenvalue weighted by Gasteiger charge is -2.38. The number of amides is 1. The zero-order chi connectivity index (χ0) is 21.7. The van der Waals surface area contributed by atoms with Crippen LogP contribution in [0.15, 0.2) is 36.4 Å². The molecule has 5 nitrogen and oxygen atoms in total. The molecule has 0 aromatic heterocycles. The maximum atomic E-state index is 12.4. The lowest BCUT2D eigenvalue weighted by Crippen LogP contribution is -2.42. The maximum absolute atomic E-state index is 12.4. The molecule has 3 rings (SSSR count). The average Bonchev–Trinajstić information content (AvgIpc) is 2.71. The number of hydrogen-bond donors (Lipinski definition) is 1. The van der Waals surface area contributed by atoms with Crippen LogP contribution in [-0.4, -0.2) is 38.1 Å². The number of fused-ring (bicyclic) bond motifs is 1. The van der Waals surface area contributed by atoms with Crippen molar-refractivity contribution in [1.82, 2.24) is 10.2 Å². The number of hydrogen-bond acceptors (Lipinski definition) is 4. The third-order valence-electron chi connectivity index (χ3n) is 5.67. The van der Waals surface area contributed by atoms with Crippen molar-refractivity contribution in [1.29, 1.82) is 0 Å². The van der Waals surface area contributed by atoms with Gasteiger partial charge in [-0.05, 0) is 48.1 Å². The van der Waals surface area contributed by atoms with Gasteiger partial charge >= 0.3 is 0 Å². The Bertz CT molecular complexity index is 879. The Hall–Kier alpha value is -2.53. The number of rotatable bonds is 8. The van der Waals surface area contributed by atoms with Crippen molar-refractivity contribution in [3.8, 4) is 11.5 Å². The lowest BCUT2D eigenvalue weighted by molar-refractivity contribution is -0.122. The fourth-order valence-corrected chi connectivity index (χ4v) is 4.21. The van der Waals surface area contributed by atoms with E-state index in [9.17, 15) is 4.79 Å². The van der Waals surface area contributed by atoms with E-state index in [2.05, 4.69) is 67.4 Å². The number of nitrogens with zero attached hydrogens (tertiary/aromatic N) is 1. The molecule has 0 aliphatic carbocycles. The third-order valence-corrected chi connectivity index (χ3v) is 5.67. The Balaban J connectivity index is 1.89. The van der Waals surface area contributed by atoms with Gasteiger partial charge in [0.2, 0.25) is 5.91 Å². The molecule has 1 atom stereocenters. The Morgan fingerprint density at radius 1 is 1.17 bits per heavy atom. The minimum absolute atomic E-state index is 0.0881. The molecule has 5 heteroatoms. The fraction of sp³-hybridized carbons (Fsp3) is 0.480. The van der Waals surface area contributed by atoms with Gasteiger partial charge in [0.05, 0.1) is 20.3 Å². The molecule has 0 fully saturated rings. The third kappa shape index (κ3) is 5.33. The first-order valence-corrected chi connectivity index (χ1v) is 10.7. The first-order valence-electron chi connectivity index (χ1n) is 10.7. The minimum atomic E-state index is 0.0881. The quantitative estimate of drug-likeness (QED) is 0.706. The van der Waals surface area contributed by atoms with Crippen LogP contribution in [0.5, 0.6) is 11.5 Å². The molecule has 1 heterocycles. The molecule has 0 bridgehead atoms. The van der Waals surface area contributed by atoms with Crippen LogP contribution in [0.1, 0.15) is 48.6 Å². The highest BCUT2D eigenvalue weighted by atomic mass is 16.5. The predicted molar refractivity (Wildman–Crippen MR) is 120 cm³/mol. The van der Waals surface area contributed by atoms with E-state index in [0.29, 0.717) is 18.9 Å². The van der Waals surface area contributed by atoms with E-state index in [4.69, 9.17) is 9.47 Å². The zero-order valence-electron chi connectivity index (χ0n) is 18.8. The van der Waals surface area contributed by atoms with Crippen molar-refractivity contribution in [3.63, 3.8) is 0 Å². The van der Waals surface area contributed by atoms with E-state index in [1.807, 2.05) is 0 Å². The molecule has 0 saturated carbocycles. The average molecular weight is 411 g/mol. The van der Waals surface area contributed by atoms with Gasteiger partial charge in [-0.3, -0.25) is 9.69 Å². The van der Waals surface area contributed by atoms with Gasteiger partial charge in [-0.2, -0.15) is 0 Å². The van der Waals surface area contributed by atoms with Crippen molar-refractivity contribution in [2.24, 2.45) is 5.92 Å². The summed E-state index contributed by atoms with van der Waals surface area (Å²) in [4.78, 5) is 14.8. The SMILES string of the molecule is COc1cc2c(cc1OC)C(CNC(=O)CC(C)C)N(Cc1cccc(C)c1)CC2. The van der Waals surface area contributed by atoms with Gasteiger partial charge in [0.25, 0.3) is 0 Å². The summed E-state index contributed by atoms with van der Waals surface area (Å²) in [5, 5.41) is 3.17. The first-order chi connectivity index (χ1) is 14.4. The van der Waals surface area contributed by atoms with E-state index in [-0.39, 0.29) is 11.9 Å². The summed E-state index contributed by atoms with van der Waals surface area (Å²) in [5.74, 6) is 1.93. The Morgan fingerprint density at radius 2 is 1.90 bits per heavy atom. The number of nitrogens with one attached hydrogen (secondary N) is 1. The summed E-state index contributed by atoms with van der Waals surface area (Å²) < 4.78 is 11.1. The fourth-order valence-electron chi connectivity index (χ4n) is 4.21. The van der Waals surface area contributed by atoms with Crippen LogP contribution in [0, 0.1) is 12.8 Å². The van der Waals surface area contributed by atoms with Crippen molar-refractivity contribution in [3.05, 3.63) is 58.7 Å². The Kier molecular flexibility index (Phi) is 7.38. The standard InChI is InChI=1S/C25H34N2O3/c1-17(2)11-25(28)26-15-22-21-14-24(30-5)23(29-4)13-20(21)9-10-27(22)16-19-8-6-7-18(3)12-19/h6-8,12-14,17,22H,9-11,15-16H2,1-5H3,(H,26,28). The molecule has 0 saturated heterocycles. The molecule has 1 aliphatic heterocycles. The van der Waals surface area contributed by atoms with E-state index in [0.717, 1.165) is 31.0 Å². The van der Waals surface area contributed by atoms with Crippen LogP contribution in [0.2, 0.25) is 0 Å². The molecule has 2 aromatic carbocycles. The summed E-state index contributed by atoms with van der Waals surface area (Å²) in [6, 6.07) is 12.9. The molecule has 0 spiro atoms. The number of benzene rings is 2. The van der Waals surface area contributed by atoms with Crippen LogP contribution in [0.25, 0.3) is 0 Å².